The molecule has 0 heterocycles. The van der Waals surface area contributed by atoms with Crippen LogP contribution in [0, 0.1) is 0 Å². The molecule has 0 amide bonds. The lowest BCUT2D eigenvalue weighted by molar-refractivity contribution is -0.134. The normalized spacial score (nSPS) is 13.7. The van der Waals surface area contributed by atoms with Gasteiger partial charge in [-0.2, -0.15) is 0 Å². The zero-order valence-corrected chi connectivity index (χ0v) is 11.8. The monoisotopic (exact) mass is 254 g/mol. The van der Waals surface area contributed by atoms with Crippen LogP contribution in [0.4, 0.5) is 4.39 Å². The second-order valence-electron chi connectivity index (χ2n) is 4.43. The van der Waals surface area contributed by atoms with Crippen molar-refractivity contribution in [2.24, 2.45) is 0 Å². The number of rotatable bonds is 7. The number of hydrogen-bond acceptors (Lipinski definition) is 2. The Labute approximate surface area is 109 Å². The molecule has 0 aromatic rings. The van der Waals surface area contributed by atoms with Gasteiger partial charge in [0.25, 0.3) is 0 Å². The third-order valence-corrected chi connectivity index (χ3v) is 2.56. The summed E-state index contributed by atoms with van der Waals surface area (Å²) < 4.78 is 17.0. The molecule has 0 fully saturated rings. The van der Waals surface area contributed by atoms with Gasteiger partial charge in [0.2, 0.25) is 0 Å². The first kappa shape index (κ1) is 16.6. The molecule has 0 aliphatic heterocycles. The van der Waals surface area contributed by atoms with E-state index in [0.29, 0.717) is 0 Å². The predicted octanol–water partition coefficient (Wildman–Crippen LogP) is 4.49. The van der Waals surface area contributed by atoms with Crippen molar-refractivity contribution in [2.45, 2.75) is 46.5 Å². The van der Waals surface area contributed by atoms with E-state index in [2.05, 4.69) is 10.8 Å². The highest BCUT2D eigenvalue weighted by Gasteiger charge is 1.96. The zero-order valence-electron chi connectivity index (χ0n) is 11.8. The van der Waals surface area contributed by atoms with E-state index in [-0.39, 0.29) is 11.8 Å². The first-order chi connectivity index (χ1) is 8.45. The lowest BCUT2D eigenvalue weighted by Gasteiger charge is -2.00. The molecule has 2 nitrogen and oxygen atoms in total. The van der Waals surface area contributed by atoms with Gasteiger partial charge in [0.15, 0.2) is 0 Å². The summed E-state index contributed by atoms with van der Waals surface area (Å²) in [5.74, 6) is -0.434. The highest BCUT2D eigenvalue weighted by Crippen LogP contribution is 2.11. The Bertz CT molecular complexity index is 348. The van der Waals surface area contributed by atoms with Crippen LogP contribution in [0.3, 0.4) is 0 Å². The van der Waals surface area contributed by atoms with Gasteiger partial charge >= 0.3 is 5.97 Å². The molecule has 0 aromatic carbocycles. The molecule has 18 heavy (non-hydrogen) atoms. The van der Waals surface area contributed by atoms with Crippen LogP contribution < -0.4 is 0 Å². The second kappa shape index (κ2) is 9.63. The average Bonchev–Trinajstić information content (AvgIpc) is 2.28. The van der Waals surface area contributed by atoms with Gasteiger partial charge in [0.05, 0.1) is 12.9 Å². The van der Waals surface area contributed by atoms with Gasteiger partial charge < -0.3 is 4.74 Å². The average molecular weight is 254 g/mol. The van der Waals surface area contributed by atoms with Gasteiger partial charge in [-0.1, -0.05) is 23.3 Å². The van der Waals surface area contributed by atoms with Gasteiger partial charge in [-0.15, -0.1) is 0 Å². The Hall–Kier alpha value is -1.38. The van der Waals surface area contributed by atoms with Crippen LogP contribution in [0.2, 0.25) is 0 Å². The Morgan fingerprint density at radius 2 is 1.61 bits per heavy atom. The molecule has 0 saturated carbocycles. The number of esters is 1. The van der Waals surface area contributed by atoms with Crippen LogP contribution in [0.15, 0.2) is 35.2 Å². The molecule has 3 heteroatoms. The van der Waals surface area contributed by atoms with Gasteiger partial charge in [0, 0.05) is 6.08 Å². The molecular formula is C15H23FO2. The van der Waals surface area contributed by atoms with Crippen LogP contribution >= 0.6 is 0 Å². The maximum atomic E-state index is 12.5. The smallest absolute Gasteiger partial charge is 0.330 e. The van der Waals surface area contributed by atoms with E-state index < -0.39 is 0 Å². The summed E-state index contributed by atoms with van der Waals surface area (Å²) in [6.45, 7) is 5.41. The fraction of sp³-hybridized carbons (Fsp3) is 0.533. The van der Waals surface area contributed by atoms with Crippen molar-refractivity contribution in [3.63, 3.8) is 0 Å². The van der Waals surface area contributed by atoms with Gasteiger partial charge in [0.1, 0.15) is 0 Å². The Morgan fingerprint density at radius 1 is 1.06 bits per heavy atom. The topological polar surface area (TPSA) is 26.3 Å². The first-order valence-corrected chi connectivity index (χ1v) is 6.18. The predicted molar refractivity (Wildman–Crippen MR) is 72.9 cm³/mol. The Kier molecular flexibility index (Phi) is 8.89. The molecule has 0 bridgehead atoms. The minimum atomic E-state index is -0.309. The molecule has 0 N–H and O–H groups in total. The van der Waals surface area contributed by atoms with E-state index in [4.69, 9.17) is 0 Å². The molecule has 0 spiro atoms. The van der Waals surface area contributed by atoms with Gasteiger partial charge in [-0.3, -0.25) is 0 Å². The number of carbonyl (C=O) groups excluding carboxylic acids is 1. The van der Waals surface area contributed by atoms with E-state index in [9.17, 15) is 9.18 Å². The lowest BCUT2D eigenvalue weighted by Crippen LogP contribution is -1.95. The number of halogens is 1. The van der Waals surface area contributed by atoms with Crippen LogP contribution in [-0.4, -0.2) is 13.1 Å². The number of carbonyl (C=O) groups is 1. The van der Waals surface area contributed by atoms with Crippen molar-refractivity contribution >= 4 is 5.97 Å². The highest BCUT2D eigenvalue weighted by molar-refractivity contribution is 5.82. The SMILES string of the molecule is COC(=O)/C=C(\C)CC/C=C(\C)CC/C=C(\C)F. The quantitative estimate of drug-likeness (QED) is 0.380. The summed E-state index contributed by atoms with van der Waals surface area (Å²) in [6.07, 6.45) is 8.59. The van der Waals surface area contributed by atoms with Crippen molar-refractivity contribution in [3.05, 3.63) is 35.2 Å². The first-order valence-electron chi connectivity index (χ1n) is 6.18. The largest absolute Gasteiger partial charge is 0.466 e. The fourth-order valence-corrected chi connectivity index (χ4v) is 1.48. The van der Waals surface area contributed by atoms with E-state index in [1.54, 1.807) is 6.08 Å². The molecule has 0 radical (unpaired) electrons. The fourth-order valence-electron chi connectivity index (χ4n) is 1.48. The van der Waals surface area contributed by atoms with E-state index >= 15 is 0 Å². The van der Waals surface area contributed by atoms with Crippen molar-refractivity contribution in [1.29, 1.82) is 0 Å². The summed E-state index contributed by atoms with van der Waals surface area (Å²) >= 11 is 0. The van der Waals surface area contributed by atoms with Crippen LogP contribution in [0.25, 0.3) is 0 Å². The highest BCUT2D eigenvalue weighted by atomic mass is 19.1. The number of allylic oxidation sites excluding steroid dienone is 5. The molecular weight excluding hydrogens is 231 g/mol. The number of ether oxygens (including phenoxy) is 1. The Morgan fingerprint density at radius 3 is 2.17 bits per heavy atom. The summed E-state index contributed by atoms with van der Waals surface area (Å²) in [5, 5.41) is 0. The van der Waals surface area contributed by atoms with Crippen molar-refractivity contribution in [1.82, 2.24) is 0 Å². The van der Waals surface area contributed by atoms with Gasteiger partial charge in [-0.25, -0.2) is 9.18 Å². The van der Waals surface area contributed by atoms with E-state index in [1.165, 1.54) is 25.7 Å². The molecule has 0 rings (SSSR count). The van der Waals surface area contributed by atoms with Crippen LogP contribution in [0.5, 0.6) is 0 Å². The maximum Gasteiger partial charge on any atom is 0.330 e. The minimum Gasteiger partial charge on any atom is -0.466 e. The summed E-state index contributed by atoms with van der Waals surface area (Å²) in [5.41, 5.74) is 2.25. The summed E-state index contributed by atoms with van der Waals surface area (Å²) in [4.78, 5) is 11.0. The van der Waals surface area contributed by atoms with Gasteiger partial charge in [-0.05, 0) is 46.5 Å². The third kappa shape index (κ3) is 9.82. The summed E-state index contributed by atoms with van der Waals surface area (Å²) in [6, 6.07) is 0. The van der Waals surface area contributed by atoms with E-state index in [1.807, 2.05) is 13.8 Å². The Balaban J connectivity index is 3.97. The molecule has 102 valence electrons. The van der Waals surface area contributed by atoms with Crippen LogP contribution in [0.1, 0.15) is 46.5 Å². The third-order valence-electron chi connectivity index (χ3n) is 2.56. The standard InChI is InChI=1S/C15H23FO2/c1-12(8-6-10-14(3)16)7-5-9-13(2)11-15(17)18-4/h7,10-11H,5-6,8-9H2,1-4H3/b12-7+,13-11+,14-10+. The second-order valence-corrected chi connectivity index (χ2v) is 4.43. The lowest BCUT2D eigenvalue weighted by atomic mass is 10.1. The molecule has 0 saturated heterocycles. The molecule has 0 aliphatic carbocycles. The zero-order chi connectivity index (χ0) is 14.0. The minimum absolute atomic E-state index is 0.125. The molecule has 0 aliphatic rings. The van der Waals surface area contributed by atoms with Crippen LogP contribution in [-0.2, 0) is 9.53 Å². The maximum absolute atomic E-state index is 12.5. The molecule has 0 atom stereocenters. The van der Waals surface area contributed by atoms with E-state index in [0.717, 1.165) is 31.3 Å². The molecule has 0 aromatic heterocycles. The summed E-state index contributed by atoms with van der Waals surface area (Å²) in [7, 11) is 1.37. The van der Waals surface area contributed by atoms with Crippen molar-refractivity contribution in [3.8, 4) is 0 Å². The van der Waals surface area contributed by atoms with Crippen molar-refractivity contribution < 1.29 is 13.9 Å². The molecule has 0 unspecified atom stereocenters. The van der Waals surface area contributed by atoms with Crippen molar-refractivity contribution in [2.75, 3.05) is 7.11 Å². The number of hydrogen-bond donors (Lipinski definition) is 0. The number of methoxy groups -OCH3 is 1.